The second-order valence-corrected chi connectivity index (χ2v) is 5.02. The van der Waals surface area contributed by atoms with Crippen LogP contribution in [0.5, 0.6) is 5.75 Å². The molecule has 19 heavy (non-hydrogen) atoms. The fraction of sp³-hybridized carbons (Fsp3) is 0.400. The van der Waals surface area contributed by atoms with Crippen molar-refractivity contribution in [2.24, 2.45) is 0 Å². The van der Waals surface area contributed by atoms with E-state index in [0.29, 0.717) is 0 Å². The maximum Gasteiger partial charge on any atom is 0.523 e. The summed E-state index contributed by atoms with van der Waals surface area (Å²) in [7, 11) is -4.42. The molecule has 0 bridgehead atoms. The minimum absolute atomic E-state index is 0.0420. The maximum atomic E-state index is 12.1. The molecular formula is C10H11F3O5S. The molecule has 5 nitrogen and oxygen atoms in total. The fourth-order valence-corrected chi connectivity index (χ4v) is 1.72. The van der Waals surface area contributed by atoms with Gasteiger partial charge in [0.05, 0.1) is 20.3 Å². The molecule has 0 atom stereocenters. The van der Waals surface area contributed by atoms with Gasteiger partial charge in [0, 0.05) is 5.56 Å². The smallest absolute Gasteiger partial charge is 0.496 e. The van der Waals surface area contributed by atoms with Crippen LogP contribution in [0.15, 0.2) is 18.2 Å². The summed E-state index contributed by atoms with van der Waals surface area (Å²) in [6.07, 6.45) is 0. The first-order chi connectivity index (χ1) is 8.73. The predicted molar refractivity (Wildman–Crippen MR) is 58.7 cm³/mol. The highest BCUT2D eigenvalue weighted by atomic mass is 32.2. The Morgan fingerprint density at radius 2 is 1.95 bits per heavy atom. The van der Waals surface area contributed by atoms with Gasteiger partial charge in [-0.1, -0.05) is 12.1 Å². The third kappa shape index (κ3) is 3.58. The second kappa shape index (κ2) is 5.76. The van der Waals surface area contributed by atoms with Gasteiger partial charge in [-0.05, 0) is 11.6 Å². The van der Waals surface area contributed by atoms with Crippen molar-refractivity contribution in [1.82, 2.24) is 0 Å². The topological polar surface area (TPSA) is 72.8 Å². The maximum absolute atomic E-state index is 12.1. The molecule has 0 aliphatic carbocycles. The van der Waals surface area contributed by atoms with Crippen LogP contribution in [0, 0.1) is 0 Å². The molecule has 0 amide bonds. The van der Waals surface area contributed by atoms with Crippen LogP contribution in [0.3, 0.4) is 0 Å². The summed E-state index contributed by atoms with van der Waals surface area (Å²) < 4.78 is 66.7. The average Bonchev–Trinajstić information content (AvgIpc) is 2.34. The number of aliphatic hydroxyl groups is 1. The SMILES string of the molecule is COc1cccc(CO)c1COS(=O)(=O)C(F)(F)F. The summed E-state index contributed by atoms with van der Waals surface area (Å²) in [4.78, 5) is 0. The summed E-state index contributed by atoms with van der Waals surface area (Å²) >= 11 is 0. The van der Waals surface area contributed by atoms with Gasteiger partial charge in [0.25, 0.3) is 0 Å². The molecule has 0 radical (unpaired) electrons. The average molecular weight is 300 g/mol. The number of ether oxygens (including phenoxy) is 1. The van der Waals surface area contributed by atoms with Gasteiger partial charge in [-0.25, -0.2) is 0 Å². The Morgan fingerprint density at radius 3 is 2.42 bits per heavy atom. The predicted octanol–water partition coefficient (Wildman–Crippen LogP) is 1.55. The summed E-state index contributed by atoms with van der Waals surface area (Å²) in [6, 6.07) is 4.34. The fourth-order valence-electron chi connectivity index (χ4n) is 1.32. The van der Waals surface area contributed by atoms with Crippen LogP contribution in [0.1, 0.15) is 11.1 Å². The van der Waals surface area contributed by atoms with Crippen molar-refractivity contribution in [3.05, 3.63) is 29.3 Å². The van der Waals surface area contributed by atoms with Crippen molar-refractivity contribution >= 4 is 10.1 Å². The lowest BCUT2D eigenvalue weighted by Crippen LogP contribution is -2.25. The third-order valence-electron chi connectivity index (χ3n) is 2.26. The van der Waals surface area contributed by atoms with Crippen LogP contribution in [0.2, 0.25) is 0 Å². The van der Waals surface area contributed by atoms with E-state index >= 15 is 0 Å². The lowest BCUT2D eigenvalue weighted by atomic mass is 10.1. The molecule has 108 valence electrons. The molecule has 0 aliphatic rings. The monoisotopic (exact) mass is 300 g/mol. The molecule has 1 aromatic rings. The first kappa shape index (κ1) is 15.7. The largest absolute Gasteiger partial charge is 0.523 e. The van der Waals surface area contributed by atoms with Crippen LogP contribution in [-0.2, 0) is 27.5 Å². The number of benzene rings is 1. The lowest BCUT2D eigenvalue weighted by Gasteiger charge is -2.13. The van der Waals surface area contributed by atoms with Gasteiger partial charge in [-0.2, -0.15) is 21.6 Å². The van der Waals surface area contributed by atoms with E-state index in [-0.39, 0.29) is 16.9 Å². The van der Waals surface area contributed by atoms with Crippen molar-refractivity contribution in [3.8, 4) is 5.75 Å². The van der Waals surface area contributed by atoms with Crippen LogP contribution in [0.25, 0.3) is 0 Å². The van der Waals surface area contributed by atoms with Crippen LogP contribution in [0.4, 0.5) is 13.2 Å². The number of methoxy groups -OCH3 is 1. The third-order valence-corrected chi connectivity index (χ3v) is 3.26. The highest BCUT2D eigenvalue weighted by Gasteiger charge is 2.47. The van der Waals surface area contributed by atoms with Gasteiger partial charge >= 0.3 is 15.6 Å². The van der Waals surface area contributed by atoms with Crippen molar-refractivity contribution in [1.29, 1.82) is 0 Å². The zero-order valence-corrected chi connectivity index (χ0v) is 10.6. The number of rotatable bonds is 5. The molecule has 0 spiro atoms. The summed E-state index contributed by atoms with van der Waals surface area (Å²) in [5, 5.41) is 9.04. The lowest BCUT2D eigenvalue weighted by molar-refractivity contribution is -0.0548. The molecule has 0 fully saturated rings. The zero-order chi connectivity index (χ0) is 14.7. The first-order valence-electron chi connectivity index (χ1n) is 4.94. The number of hydrogen-bond donors (Lipinski definition) is 1. The van der Waals surface area contributed by atoms with E-state index in [0.717, 1.165) is 0 Å². The number of halogens is 3. The Morgan fingerprint density at radius 1 is 1.32 bits per heavy atom. The molecule has 0 unspecified atom stereocenters. The van der Waals surface area contributed by atoms with E-state index in [1.165, 1.54) is 25.3 Å². The Balaban J connectivity index is 3.01. The highest BCUT2D eigenvalue weighted by molar-refractivity contribution is 7.87. The van der Waals surface area contributed by atoms with E-state index in [9.17, 15) is 21.6 Å². The quantitative estimate of drug-likeness (QED) is 0.660. The summed E-state index contributed by atoms with van der Waals surface area (Å²) in [5.41, 5.74) is -5.23. The minimum Gasteiger partial charge on any atom is -0.496 e. The van der Waals surface area contributed by atoms with E-state index in [1.54, 1.807) is 0 Å². The van der Waals surface area contributed by atoms with Crippen LogP contribution < -0.4 is 4.74 Å². The van der Waals surface area contributed by atoms with Crippen molar-refractivity contribution < 1.29 is 35.6 Å². The Bertz CT molecular complexity index is 516. The Hall–Kier alpha value is -1.32. The molecule has 0 saturated carbocycles. The van der Waals surface area contributed by atoms with Crippen molar-refractivity contribution in [3.63, 3.8) is 0 Å². The van der Waals surface area contributed by atoms with Gasteiger partial charge in [-0.3, -0.25) is 4.18 Å². The summed E-state index contributed by atoms with van der Waals surface area (Å²) in [6.45, 7) is -1.36. The Labute approximate surface area is 107 Å². The summed E-state index contributed by atoms with van der Waals surface area (Å²) in [5.74, 6) is 0.129. The van der Waals surface area contributed by atoms with Crippen LogP contribution >= 0.6 is 0 Å². The van der Waals surface area contributed by atoms with Crippen LogP contribution in [-0.4, -0.2) is 26.1 Å². The highest BCUT2D eigenvalue weighted by Crippen LogP contribution is 2.28. The standard InChI is InChI=1S/C10H11F3O5S/c1-17-9-4-2-3-7(5-14)8(9)6-18-19(15,16)10(11,12)13/h2-4,14H,5-6H2,1H3. The molecule has 0 heterocycles. The first-order valence-corrected chi connectivity index (χ1v) is 6.35. The van der Waals surface area contributed by atoms with Crippen molar-refractivity contribution in [2.45, 2.75) is 18.7 Å². The molecule has 1 rings (SSSR count). The number of aliphatic hydroxyl groups excluding tert-OH is 1. The Kier molecular flexibility index (Phi) is 4.77. The molecule has 0 aromatic heterocycles. The second-order valence-electron chi connectivity index (χ2n) is 3.42. The molecule has 1 aromatic carbocycles. The zero-order valence-electron chi connectivity index (χ0n) is 9.77. The van der Waals surface area contributed by atoms with Gasteiger partial charge in [0.2, 0.25) is 0 Å². The number of alkyl halides is 3. The molecule has 0 aliphatic heterocycles. The minimum atomic E-state index is -5.68. The van der Waals surface area contributed by atoms with Crippen molar-refractivity contribution in [2.75, 3.05) is 7.11 Å². The van der Waals surface area contributed by atoms with Gasteiger partial charge in [0.15, 0.2) is 0 Å². The number of hydrogen-bond acceptors (Lipinski definition) is 5. The molecular weight excluding hydrogens is 289 g/mol. The normalized spacial score (nSPS) is 12.5. The molecule has 9 heteroatoms. The van der Waals surface area contributed by atoms with E-state index in [2.05, 4.69) is 4.18 Å². The van der Waals surface area contributed by atoms with E-state index in [1.807, 2.05) is 0 Å². The van der Waals surface area contributed by atoms with Gasteiger partial charge in [0.1, 0.15) is 5.75 Å². The van der Waals surface area contributed by atoms with Gasteiger partial charge in [-0.15, -0.1) is 0 Å². The molecule has 1 N–H and O–H groups in total. The van der Waals surface area contributed by atoms with E-state index in [4.69, 9.17) is 9.84 Å². The van der Waals surface area contributed by atoms with E-state index < -0.39 is 28.8 Å². The molecule has 0 saturated heterocycles. The van der Waals surface area contributed by atoms with Gasteiger partial charge < -0.3 is 9.84 Å².